The molecule has 19 heavy (non-hydrogen) atoms. The lowest BCUT2D eigenvalue weighted by molar-refractivity contribution is 0.392. The van der Waals surface area contributed by atoms with Crippen LogP contribution >= 0.6 is 0 Å². The van der Waals surface area contributed by atoms with Gasteiger partial charge in [-0.1, -0.05) is 5.16 Å². The van der Waals surface area contributed by atoms with Gasteiger partial charge in [0, 0.05) is 6.07 Å². The molecule has 0 aliphatic carbocycles. The fraction of sp³-hybridized carbons (Fsp3) is 0.250. The van der Waals surface area contributed by atoms with Gasteiger partial charge in [-0.15, -0.1) is 0 Å². The maximum Gasteiger partial charge on any atom is 0.238 e. The number of anilines is 1. The van der Waals surface area contributed by atoms with E-state index in [-0.39, 0.29) is 11.5 Å². The van der Waals surface area contributed by atoms with Crippen LogP contribution in [0.3, 0.4) is 0 Å². The normalized spacial score (nSPS) is 11.5. The summed E-state index contributed by atoms with van der Waals surface area (Å²) in [6.07, 6.45) is 0. The van der Waals surface area contributed by atoms with E-state index in [1.165, 1.54) is 18.2 Å². The molecule has 2 rings (SSSR count). The van der Waals surface area contributed by atoms with Gasteiger partial charge in [0.25, 0.3) is 0 Å². The Bertz CT molecular complexity index is 692. The maximum absolute atomic E-state index is 12.0. The van der Waals surface area contributed by atoms with Crippen molar-refractivity contribution in [3.8, 4) is 5.75 Å². The molecule has 1 aromatic carbocycles. The highest BCUT2D eigenvalue weighted by Crippen LogP contribution is 2.22. The SMILES string of the molecule is Cc1cc(CS(=O)(=O)Nc2ccc(O)cc2C)no1. The van der Waals surface area contributed by atoms with Crippen LogP contribution in [0, 0.1) is 13.8 Å². The van der Waals surface area contributed by atoms with Gasteiger partial charge in [-0.3, -0.25) is 4.72 Å². The number of phenolic OH excluding ortho intramolecular Hbond substituents is 1. The Balaban J connectivity index is 2.17. The van der Waals surface area contributed by atoms with E-state index in [4.69, 9.17) is 4.52 Å². The van der Waals surface area contributed by atoms with Crippen LogP contribution in [0.15, 0.2) is 28.8 Å². The van der Waals surface area contributed by atoms with Gasteiger partial charge in [-0.05, 0) is 37.6 Å². The highest BCUT2D eigenvalue weighted by atomic mass is 32.2. The van der Waals surface area contributed by atoms with E-state index < -0.39 is 10.0 Å². The van der Waals surface area contributed by atoms with E-state index in [0.29, 0.717) is 22.7 Å². The van der Waals surface area contributed by atoms with Crippen LogP contribution < -0.4 is 4.72 Å². The minimum absolute atomic E-state index is 0.0903. The number of nitrogens with one attached hydrogen (secondary N) is 1. The van der Waals surface area contributed by atoms with Gasteiger partial charge in [0.2, 0.25) is 10.0 Å². The van der Waals surface area contributed by atoms with Crippen molar-refractivity contribution in [1.29, 1.82) is 0 Å². The minimum atomic E-state index is -3.56. The molecule has 102 valence electrons. The molecule has 2 N–H and O–H groups in total. The van der Waals surface area contributed by atoms with E-state index in [1.54, 1.807) is 19.9 Å². The molecule has 0 radical (unpaired) electrons. The molecule has 1 heterocycles. The van der Waals surface area contributed by atoms with E-state index in [1.807, 2.05) is 0 Å². The molecule has 0 fully saturated rings. The summed E-state index contributed by atoms with van der Waals surface area (Å²) >= 11 is 0. The molecule has 0 amide bonds. The van der Waals surface area contributed by atoms with Crippen LogP contribution in [-0.2, 0) is 15.8 Å². The quantitative estimate of drug-likeness (QED) is 0.836. The van der Waals surface area contributed by atoms with E-state index in [9.17, 15) is 13.5 Å². The molecule has 0 bridgehead atoms. The zero-order valence-corrected chi connectivity index (χ0v) is 11.4. The summed E-state index contributed by atoms with van der Waals surface area (Å²) in [6, 6.07) is 5.99. The lowest BCUT2D eigenvalue weighted by Gasteiger charge is -2.09. The van der Waals surface area contributed by atoms with Crippen LogP contribution in [-0.4, -0.2) is 18.7 Å². The number of nitrogens with zero attached hydrogens (tertiary/aromatic N) is 1. The molecule has 7 heteroatoms. The average molecular weight is 282 g/mol. The Morgan fingerprint density at radius 3 is 2.63 bits per heavy atom. The first-order chi connectivity index (χ1) is 8.85. The molecule has 6 nitrogen and oxygen atoms in total. The van der Waals surface area contributed by atoms with Crippen molar-refractivity contribution in [2.24, 2.45) is 0 Å². The molecular weight excluding hydrogens is 268 g/mol. The molecule has 0 saturated carbocycles. The molecule has 0 unspecified atom stereocenters. The van der Waals surface area contributed by atoms with Gasteiger partial charge in [-0.2, -0.15) is 0 Å². The topological polar surface area (TPSA) is 92.4 Å². The molecule has 2 aromatic rings. The van der Waals surface area contributed by atoms with Gasteiger partial charge < -0.3 is 9.63 Å². The van der Waals surface area contributed by atoms with Crippen LogP contribution in [0.1, 0.15) is 17.0 Å². The van der Waals surface area contributed by atoms with E-state index in [2.05, 4.69) is 9.88 Å². The zero-order chi connectivity index (χ0) is 14.0. The number of aromatic hydroxyl groups is 1. The lowest BCUT2D eigenvalue weighted by Crippen LogP contribution is -2.15. The van der Waals surface area contributed by atoms with Crippen molar-refractivity contribution >= 4 is 15.7 Å². The van der Waals surface area contributed by atoms with E-state index in [0.717, 1.165) is 0 Å². The second-order valence-electron chi connectivity index (χ2n) is 4.29. The van der Waals surface area contributed by atoms with Gasteiger partial charge in [-0.25, -0.2) is 8.42 Å². The second kappa shape index (κ2) is 4.93. The highest BCUT2D eigenvalue weighted by Gasteiger charge is 2.15. The number of hydrogen-bond acceptors (Lipinski definition) is 5. The predicted molar refractivity (Wildman–Crippen MR) is 70.3 cm³/mol. The number of sulfonamides is 1. The standard InChI is InChI=1S/C12H14N2O4S/c1-8-5-11(15)3-4-12(8)14-19(16,17)7-10-6-9(2)18-13-10/h3-6,14-15H,7H2,1-2H3. The first-order valence-electron chi connectivity index (χ1n) is 5.58. The monoisotopic (exact) mass is 282 g/mol. The van der Waals surface area contributed by atoms with Crippen molar-refractivity contribution in [1.82, 2.24) is 5.16 Å². The Morgan fingerprint density at radius 2 is 2.05 bits per heavy atom. The van der Waals surface area contributed by atoms with Gasteiger partial charge in [0.1, 0.15) is 23.0 Å². The van der Waals surface area contributed by atoms with Crippen molar-refractivity contribution in [3.63, 3.8) is 0 Å². The Kier molecular flexibility index (Phi) is 3.48. The molecular formula is C12H14N2O4S. The molecule has 0 aliphatic heterocycles. The van der Waals surface area contributed by atoms with Crippen molar-refractivity contribution in [2.75, 3.05) is 4.72 Å². The molecule has 0 atom stereocenters. The highest BCUT2D eigenvalue weighted by molar-refractivity contribution is 7.91. The molecule has 1 aromatic heterocycles. The Morgan fingerprint density at radius 1 is 1.32 bits per heavy atom. The summed E-state index contributed by atoms with van der Waals surface area (Å²) in [7, 11) is -3.56. The van der Waals surface area contributed by atoms with Crippen molar-refractivity contribution in [2.45, 2.75) is 19.6 Å². The third-order valence-electron chi connectivity index (χ3n) is 2.49. The van der Waals surface area contributed by atoms with Crippen LogP contribution in [0.5, 0.6) is 5.75 Å². The van der Waals surface area contributed by atoms with Crippen LogP contribution in [0.4, 0.5) is 5.69 Å². The minimum Gasteiger partial charge on any atom is -0.508 e. The lowest BCUT2D eigenvalue weighted by atomic mass is 10.2. The number of rotatable bonds is 4. The molecule has 0 spiro atoms. The number of aryl methyl sites for hydroxylation is 2. The number of aromatic nitrogens is 1. The average Bonchev–Trinajstić information content (AvgIpc) is 2.67. The van der Waals surface area contributed by atoms with Gasteiger partial charge in [0.05, 0.1) is 5.69 Å². The summed E-state index contributed by atoms with van der Waals surface area (Å²) in [5.41, 5.74) is 1.42. The molecule has 0 aliphatic rings. The second-order valence-corrected chi connectivity index (χ2v) is 6.01. The van der Waals surface area contributed by atoms with Crippen LogP contribution in [0.25, 0.3) is 0 Å². The third-order valence-corrected chi connectivity index (χ3v) is 3.70. The first-order valence-corrected chi connectivity index (χ1v) is 7.23. The van der Waals surface area contributed by atoms with Crippen molar-refractivity contribution in [3.05, 3.63) is 41.3 Å². The fourth-order valence-electron chi connectivity index (χ4n) is 1.65. The van der Waals surface area contributed by atoms with Crippen LogP contribution in [0.2, 0.25) is 0 Å². The number of phenols is 1. The number of benzene rings is 1. The van der Waals surface area contributed by atoms with Crippen molar-refractivity contribution < 1.29 is 18.0 Å². The number of hydrogen-bond donors (Lipinski definition) is 2. The Labute approximate surface area is 111 Å². The fourth-order valence-corrected chi connectivity index (χ4v) is 2.81. The first kappa shape index (κ1) is 13.4. The van der Waals surface area contributed by atoms with Gasteiger partial charge >= 0.3 is 0 Å². The summed E-state index contributed by atoms with van der Waals surface area (Å²) in [6.45, 7) is 3.40. The summed E-state index contributed by atoms with van der Waals surface area (Å²) < 4.78 is 31.2. The summed E-state index contributed by atoms with van der Waals surface area (Å²) in [5.74, 6) is 0.392. The van der Waals surface area contributed by atoms with Gasteiger partial charge in [0.15, 0.2) is 0 Å². The van der Waals surface area contributed by atoms with E-state index >= 15 is 0 Å². The largest absolute Gasteiger partial charge is 0.508 e. The third kappa shape index (κ3) is 3.47. The maximum atomic E-state index is 12.0. The predicted octanol–water partition coefficient (Wildman–Crippen LogP) is 1.94. The molecule has 0 saturated heterocycles. The Hall–Kier alpha value is -2.02. The summed E-state index contributed by atoms with van der Waals surface area (Å²) in [5, 5.41) is 12.9. The zero-order valence-electron chi connectivity index (χ0n) is 10.5. The smallest absolute Gasteiger partial charge is 0.238 e. The summed E-state index contributed by atoms with van der Waals surface area (Å²) in [4.78, 5) is 0.